The predicted molar refractivity (Wildman–Crippen MR) is 71.3 cm³/mol. The van der Waals surface area contributed by atoms with E-state index in [0.717, 1.165) is 12.8 Å². The van der Waals surface area contributed by atoms with Crippen LogP contribution in [0.25, 0.3) is 0 Å². The van der Waals surface area contributed by atoms with E-state index in [2.05, 4.69) is 5.32 Å². The molecule has 0 aliphatic heterocycles. The van der Waals surface area contributed by atoms with Gasteiger partial charge in [0.15, 0.2) is 0 Å². The molecule has 1 unspecified atom stereocenters. The van der Waals surface area contributed by atoms with E-state index >= 15 is 0 Å². The van der Waals surface area contributed by atoms with Gasteiger partial charge in [-0.3, -0.25) is 4.79 Å². The minimum Gasteiger partial charge on any atom is -0.507 e. The average molecular weight is 265 g/mol. The summed E-state index contributed by atoms with van der Waals surface area (Å²) in [5.41, 5.74) is 0.677. The van der Waals surface area contributed by atoms with Crippen molar-refractivity contribution in [1.29, 1.82) is 0 Å². The van der Waals surface area contributed by atoms with Gasteiger partial charge in [-0.05, 0) is 25.0 Å². The third kappa shape index (κ3) is 3.98. The average Bonchev–Trinajstić information content (AvgIpc) is 2.37. The Labute approximate surface area is 112 Å². The van der Waals surface area contributed by atoms with E-state index in [1.54, 1.807) is 19.1 Å². The van der Waals surface area contributed by atoms with Crippen LogP contribution in [-0.4, -0.2) is 28.1 Å². The van der Waals surface area contributed by atoms with Crippen molar-refractivity contribution in [2.75, 3.05) is 0 Å². The summed E-state index contributed by atoms with van der Waals surface area (Å²) in [6, 6.07) is 3.87. The first kappa shape index (κ1) is 15.0. The molecule has 1 amide bonds. The molecular formula is C14H19NO4. The Morgan fingerprint density at radius 3 is 2.63 bits per heavy atom. The molecule has 0 bridgehead atoms. The number of unbranched alkanes of at least 4 members (excludes halogenated alkanes) is 1. The fourth-order valence-corrected chi connectivity index (χ4v) is 1.74. The first-order chi connectivity index (χ1) is 8.97. The maximum Gasteiger partial charge on any atom is 0.326 e. The maximum atomic E-state index is 12.0. The fraction of sp³-hybridized carbons (Fsp3) is 0.429. The van der Waals surface area contributed by atoms with E-state index < -0.39 is 17.9 Å². The number of carboxylic acid groups (broad SMARTS) is 1. The van der Waals surface area contributed by atoms with Gasteiger partial charge in [-0.2, -0.15) is 0 Å². The lowest BCUT2D eigenvalue weighted by molar-refractivity contribution is -0.139. The van der Waals surface area contributed by atoms with Gasteiger partial charge in [0.1, 0.15) is 11.8 Å². The van der Waals surface area contributed by atoms with Crippen molar-refractivity contribution in [2.24, 2.45) is 0 Å². The van der Waals surface area contributed by atoms with E-state index in [1.165, 1.54) is 6.07 Å². The monoisotopic (exact) mass is 265 g/mol. The molecule has 0 saturated carbocycles. The van der Waals surface area contributed by atoms with Crippen LogP contribution >= 0.6 is 0 Å². The van der Waals surface area contributed by atoms with E-state index in [4.69, 9.17) is 5.11 Å². The zero-order chi connectivity index (χ0) is 14.4. The van der Waals surface area contributed by atoms with Gasteiger partial charge >= 0.3 is 5.97 Å². The number of aryl methyl sites for hydroxylation is 1. The highest BCUT2D eigenvalue weighted by Crippen LogP contribution is 2.21. The second kappa shape index (κ2) is 6.78. The number of nitrogens with one attached hydrogen (secondary N) is 1. The van der Waals surface area contributed by atoms with Gasteiger partial charge < -0.3 is 15.5 Å². The Morgan fingerprint density at radius 2 is 2.05 bits per heavy atom. The third-order valence-corrected chi connectivity index (χ3v) is 2.93. The normalized spacial score (nSPS) is 11.9. The van der Waals surface area contributed by atoms with Crippen LogP contribution in [0.15, 0.2) is 18.2 Å². The van der Waals surface area contributed by atoms with Crippen LogP contribution < -0.4 is 5.32 Å². The van der Waals surface area contributed by atoms with Crippen molar-refractivity contribution in [3.05, 3.63) is 29.3 Å². The number of benzene rings is 1. The van der Waals surface area contributed by atoms with Crippen LogP contribution in [0, 0.1) is 6.92 Å². The zero-order valence-electron chi connectivity index (χ0n) is 11.1. The van der Waals surface area contributed by atoms with Gasteiger partial charge in [0, 0.05) is 0 Å². The summed E-state index contributed by atoms with van der Waals surface area (Å²) in [5, 5.41) is 21.3. The Morgan fingerprint density at radius 1 is 1.37 bits per heavy atom. The van der Waals surface area contributed by atoms with Gasteiger partial charge in [-0.25, -0.2) is 4.79 Å². The Hall–Kier alpha value is -2.04. The fourth-order valence-electron chi connectivity index (χ4n) is 1.74. The van der Waals surface area contributed by atoms with Crippen LogP contribution in [0.3, 0.4) is 0 Å². The highest BCUT2D eigenvalue weighted by Gasteiger charge is 2.21. The number of aromatic hydroxyl groups is 1. The van der Waals surface area contributed by atoms with Crippen molar-refractivity contribution in [2.45, 2.75) is 39.2 Å². The van der Waals surface area contributed by atoms with Gasteiger partial charge in [0.05, 0.1) is 5.56 Å². The number of amides is 1. The number of carbonyl (C=O) groups is 2. The summed E-state index contributed by atoms with van der Waals surface area (Å²) >= 11 is 0. The Kier molecular flexibility index (Phi) is 5.36. The van der Waals surface area contributed by atoms with E-state index in [0.29, 0.717) is 12.0 Å². The molecule has 0 saturated heterocycles. The zero-order valence-corrected chi connectivity index (χ0v) is 11.1. The number of phenolic OH excluding ortho intramolecular Hbond substituents is 1. The molecule has 1 aromatic carbocycles. The van der Waals surface area contributed by atoms with Crippen LogP contribution in [0.2, 0.25) is 0 Å². The van der Waals surface area contributed by atoms with E-state index in [9.17, 15) is 14.7 Å². The van der Waals surface area contributed by atoms with Gasteiger partial charge in [-0.15, -0.1) is 0 Å². The van der Waals surface area contributed by atoms with Crippen LogP contribution in [0.1, 0.15) is 42.1 Å². The molecule has 1 aromatic rings. The summed E-state index contributed by atoms with van der Waals surface area (Å²) in [6.07, 6.45) is 1.95. The lowest BCUT2D eigenvalue weighted by Gasteiger charge is -2.15. The molecule has 5 nitrogen and oxygen atoms in total. The molecule has 0 radical (unpaired) electrons. The summed E-state index contributed by atoms with van der Waals surface area (Å²) < 4.78 is 0. The van der Waals surface area contributed by atoms with Crippen molar-refractivity contribution in [3.8, 4) is 5.75 Å². The number of aliphatic carboxylic acids is 1. The van der Waals surface area contributed by atoms with E-state index in [-0.39, 0.29) is 11.3 Å². The summed E-state index contributed by atoms with van der Waals surface area (Å²) in [6.45, 7) is 3.63. The molecule has 0 spiro atoms. The molecule has 0 aliphatic carbocycles. The minimum absolute atomic E-state index is 0.0998. The Balaban J connectivity index is 2.82. The van der Waals surface area contributed by atoms with Crippen LogP contribution in [0.5, 0.6) is 5.75 Å². The highest BCUT2D eigenvalue weighted by molar-refractivity contribution is 5.99. The molecule has 0 aliphatic rings. The van der Waals surface area contributed by atoms with Gasteiger partial charge in [-0.1, -0.05) is 31.9 Å². The first-order valence-electron chi connectivity index (χ1n) is 6.29. The number of phenols is 1. The topological polar surface area (TPSA) is 86.6 Å². The molecule has 0 heterocycles. The first-order valence-corrected chi connectivity index (χ1v) is 6.29. The van der Waals surface area contributed by atoms with Gasteiger partial charge in [0.25, 0.3) is 5.91 Å². The molecule has 19 heavy (non-hydrogen) atoms. The largest absolute Gasteiger partial charge is 0.507 e. The SMILES string of the molecule is CCCCC(NC(=O)c1cccc(C)c1O)C(=O)O. The third-order valence-electron chi connectivity index (χ3n) is 2.93. The second-order valence-electron chi connectivity index (χ2n) is 4.48. The van der Waals surface area contributed by atoms with Crippen LogP contribution in [0.4, 0.5) is 0 Å². The number of hydrogen-bond acceptors (Lipinski definition) is 3. The van der Waals surface area contributed by atoms with Crippen molar-refractivity contribution >= 4 is 11.9 Å². The van der Waals surface area contributed by atoms with E-state index in [1.807, 2.05) is 6.92 Å². The number of carboxylic acids is 1. The predicted octanol–water partition coefficient (Wildman–Crippen LogP) is 2.07. The standard InChI is InChI=1S/C14H19NO4/c1-3-4-8-11(14(18)19)15-13(17)10-7-5-6-9(2)12(10)16/h5-7,11,16H,3-4,8H2,1-2H3,(H,15,17)(H,18,19). The van der Waals surface area contributed by atoms with Gasteiger partial charge in [0.2, 0.25) is 0 Å². The highest BCUT2D eigenvalue weighted by atomic mass is 16.4. The summed E-state index contributed by atoms with van der Waals surface area (Å²) in [4.78, 5) is 23.0. The van der Waals surface area contributed by atoms with Crippen LogP contribution in [-0.2, 0) is 4.79 Å². The van der Waals surface area contributed by atoms with Crippen molar-refractivity contribution < 1.29 is 19.8 Å². The second-order valence-corrected chi connectivity index (χ2v) is 4.48. The molecule has 1 atom stereocenters. The number of hydrogen-bond donors (Lipinski definition) is 3. The lowest BCUT2D eigenvalue weighted by Crippen LogP contribution is -2.40. The Bertz CT molecular complexity index is 471. The molecule has 0 aromatic heterocycles. The maximum absolute atomic E-state index is 12.0. The number of carbonyl (C=O) groups excluding carboxylic acids is 1. The molecule has 1 rings (SSSR count). The molecule has 3 N–H and O–H groups in total. The minimum atomic E-state index is -1.06. The quantitative estimate of drug-likeness (QED) is 0.735. The van der Waals surface area contributed by atoms with Crippen molar-refractivity contribution in [1.82, 2.24) is 5.32 Å². The smallest absolute Gasteiger partial charge is 0.326 e. The summed E-state index contributed by atoms with van der Waals surface area (Å²) in [7, 11) is 0. The molecular weight excluding hydrogens is 246 g/mol. The molecule has 0 fully saturated rings. The number of para-hydroxylation sites is 1. The molecule has 5 heteroatoms. The summed E-state index contributed by atoms with van der Waals surface area (Å²) in [5.74, 6) is -1.74. The molecule has 104 valence electrons. The number of rotatable bonds is 6. The van der Waals surface area contributed by atoms with Crippen molar-refractivity contribution in [3.63, 3.8) is 0 Å². The lowest BCUT2D eigenvalue weighted by atomic mass is 10.1.